The molecule has 0 spiro atoms. The molecule has 0 bridgehead atoms. The van der Waals surface area contributed by atoms with Crippen molar-refractivity contribution in [1.82, 2.24) is 0 Å². The van der Waals surface area contributed by atoms with E-state index in [1.807, 2.05) is 42.5 Å². The standard InChI is InChI=1S/C17H21ClN2O/c1-13(14-7-3-2-4-8-14)20-17-10-6-5-9-16(17)19-12-15(21)11-18/h2-10,13,15,19-21H,11-12H2,1H3. The van der Waals surface area contributed by atoms with Gasteiger partial charge >= 0.3 is 0 Å². The third kappa shape index (κ3) is 4.66. The molecule has 2 rings (SSSR count). The maximum atomic E-state index is 9.56. The van der Waals surface area contributed by atoms with Gasteiger partial charge in [-0.1, -0.05) is 42.5 Å². The number of alkyl halides is 1. The van der Waals surface area contributed by atoms with Gasteiger partial charge in [-0.05, 0) is 24.6 Å². The third-order valence-corrected chi connectivity index (χ3v) is 3.66. The van der Waals surface area contributed by atoms with Gasteiger partial charge in [-0.3, -0.25) is 0 Å². The van der Waals surface area contributed by atoms with Crippen molar-refractivity contribution in [2.45, 2.75) is 19.1 Å². The number of aliphatic hydroxyl groups excluding tert-OH is 1. The fourth-order valence-corrected chi connectivity index (χ4v) is 2.21. The average Bonchev–Trinajstić information content (AvgIpc) is 2.54. The summed E-state index contributed by atoms with van der Waals surface area (Å²) in [4.78, 5) is 0. The SMILES string of the molecule is CC(Nc1ccccc1NCC(O)CCl)c1ccccc1. The van der Waals surface area contributed by atoms with E-state index in [1.54, 1.807) is 0 Å². The minimum absolute atomic E-state index is 0.201. The van der Waals surface area contributed by atoms with Crippen molar-refractivity contribution in [2.24, 2.45) is 0 Å². The van der Waals surface area contributed by atoms with E-state index < -0.39 is 6.10 Å². The highest BCUT2D eigenvalue weighted by Gasteiger charge is 2.09. The molecule has 21 heavy (non-hydrogen) atoms. The number of benzene rings is 2. The van der Waals surface area contributed by atoms with Crippen LogP contribution in [-0.2, 0) is 0 Å². The fraction of sp³-hybridized carbons (Fsp3) is 0.294. The highest BCUT2D eigenvalue weighted by molar-refractivity contribution is 6.18. The number of anilines is 2. The maximum absolute atomic E-state index is 9.56. The van der Waals surface area contributed by atoms with Gasteiger partial charge < -0.3 is 15.7 Å². The summed E-state index contributed by atoms with van der Waals surface area (Å²) < 4.78 is 0. The van der Waals surface area contributed by atoms with E-state index in [1.165, 1.54) is 5.56 Å². The molecule has 3 N–H and O–H groups in total. The van der Waals surface area contributed by atoms with Crippen LogP contribution >= 0.6 is 11.6 Å². The quantitative estimate of drug-likeness (QED) is 0.680. The highest BCUT2D eigenvalue weighted by atomic mass is 35.5. The van der Waals surface area contributed by atoms with Crippen LogP contribution in [0.25, 0.3) is 0 Å². The van der Waals surface area contributed by atoms with E-state index in [-0.39, 0.29) is 11.9 Å². The van der Waals surface area contributed by atoms with Gasteiger partial charge in [0.15, 0.2) is 0 Å². The molecule has 2 atom stereocenters. The molecule has 4 heteroatoms. The highest BCUT2D eigenvalue weighted by Crippen LogP contribution is 2.26. The second-order valence-electron chi connectivity index (χ2n) is 5.01. The zero-order valence-corrected chi connectivity index (χ0v) is 12.8. The van der Waals surface area contributed by atoms with E-state index in [2.05, 4.69) is 29.7 Å². The average molecular weight is 305 g/mol. The van der Waals surface area contributed by atoms with Crippen LogP contribution in [0, 0.1) is 0 Å². The number of halogens is 1. The smallest absolute Gasteiger partial charge is 0.0847 e. The molecule has 2 unspecified atom stereocenters. The van der Waals surface area contributed by atoms with E-state index in [9.17, 15) is 5.11 Å². The largest absolute Gasteiger partial charge is 0.390 e. The number of rotatable bonds is 7. The van der Waals surface area contributed by atoms with Crippen LogP contribution in [0.5, 0.6) is 0 Å². The van der Waals surface area contributed by atoms with Crippen LogP contribution in [0.15, 0.2) is 54.6 Å². The summed E-state index contributed by atoms with van der Waals surface area (Å²) in [5, 5.41) is 16.3. The molecular weight excluding hydrogens is 284 g/mol. The Morgan fingerprint density at radius 1 is 1.00 bits per heavy atom. The molecule has 0 saturated carbocycles. The van der Waals surface area contributed by atoms with Gasteiger partial charge in [-0.15, -0.1) is 11.6 Å². The Hall–Kier alpha value is -1.71. The number of para-hydroxylation sites is 2. The Kier molecular flexibility index (Phi) is 5.90. The minimum atomic E-state index is -0.550. The predicted molar refractivity (Wildman–Crippen MR) is 90.1 cm³/mol. The van der Waals surface area contributed by atoms with E-state index in [4.69, 9.17) is 11.6 Å². The number of aliphatic hydroxyl groups is 1. The third-order valence-electron chi connectivity index (χ3n) is 3.30. The number of nitrogens with one attached hydrogen (secondary N) is 2. The van der Waals surface area contributed by atoms with Gasteiger partial charge in [0.2, 0.25) is 0 Å². The predicted octanol–water partition coefficient (Wildman–Crippen LogP) is 3.87. The molecule has 2 aromatic rings. The molecule has 2 aromatic carbocycles. The number of hydrogen-bond acceptors (Lipinski definition) is 3. The van der Waals surface area contributed by atoms with Crippen molar-refractivity contribution in [3.8, 4) is 0 Å². The lowest BCUT2D eigenvalue weighted by Crippen LogP contribution is -2.21. The van der Waals surface area contributed by atoms with Gasteiger partial charge in [0.05, 0.1) is 23.4 Å². The van der Waals surface area contributed by atoms with Gasteiger partial charge in [0, 0.05) is 12.6 Å². The topological polar surface area (TPSA) is 44.3 Å². The first-order chi connectivity index (χ1) is 10.2. The molecule has 3 nitrogen and oxygen atoms in total. The van der Waals surface area contributed by atoms with Gasteiger partial charge in [-0.2, -0.15) is 0 Å². The molecule has 0 radical (unpaired) electrons. The van der Waals surface area contributed by atoms with Crippen molar-refractivity contribution in [1.29, 1.82) is 0 Å². The first kappa shape index (κ1) is 15.7. The van der Waals surface area contributed by atoms with Crippen LogP contribution in [0.2, 0.25) is 0 Å². The molecule has 0 amide bonds. The van der Waals surface area contributed by atoms with Gasteiger partial charge in [0.25, 0.3) is 0 Å². The molecule has 112 valence electrons. The Bertz CT molecular complexity index is 547. The van der Waals surface area contributed by atoms with Crippen molar-refractivity contribution in [3.05, 3.63) is 60.2 Å². The summed E-state index contributed by atoms with van der Waals surface area (Å²) in [5.41, 5.74) is 3.20. The lowest BCUT2D eigenvalue weighted by Gasteiger charge is -2.20. The van der Waals surface area contributed by atoms with Crippen LogP contribution in [0.4, 0.5) is 11.4 Å². The zero-order valence-electron chi connectivity index (χ0n) is 12.1. The lowest BCUT2D eigenvalue weighted by atomic mass is 10.1. The van der Waals surface area contributed by atoms with E-state index >= 15 is 0 Å². The van der Waals surface area contributed by atoms with E-state index in [0.717, 1.165) is 11.4 Å². The summed E-state index contributed by atoms with van der Waals surface area (Å²) in [7, 11) is 0. The van der Waals surface area contributed by atoms with Crippen LogP contribution in [-0.4, -0.2) is 23.6 Å². The molecule has 0 heterocycles. The monoisotopic (exact) mass is 304 g/mol. The molecular formula is C17H21ClN2O. The Balaban J connectivity index is 2.06. The van der Waals surface area contributed by atoms with Crippen molar-refractivity contribution >= 4 is 23.0 Å². The second-order valence-corrected chi connectivity index (χ2v) is 5.32. The first-order valence-electron chi connectivity index (χ1n) is 7.09. The minimum Gasteiger partial charge on any atom is -0.390 e. The van der Waals surface area contributed by atoms with E-state index in [0.29, 0.717) is 6.54 Å². The summed E-state index contributed by atoms with van der Waals surface area (Å²) in [6.45, 7) is 2.56. The molecule has 0 aliphatic carbocycles. The van der Waals surface area contributed by atoms with Gasteiger partial charge in [-0.25, -0.2) is 0 Å². The summed E-state index contributed by atoms with van der Waals surface area (Å²) >= 11 is 5.62. The lowest BCUT2D eigenvalue weighted by molar-refractivity contribution is 0.211. The van der Waals surface area contributed by atoms with Crippen LogP contribution in [0.3, 0.4) is 0 Å². The molecule has 0 saturated heterocycles. The Morgan fingerprint density at radius 3 is 2.29 bits per heavy atom. The number of hydrogen-bond donors (Lipinski definition) is 3. The molecule has 0 fully saturated rings. The molecule has 0 aromatic heterocycles. The zero-order chi connectivity index (χ0) is 15.1. The van der Waals surface area contributed by atoms with Crippen molar-refractivity contribution in [2.75, 3.05) is 23.1 Å². The molecule has 0 aliphatic rings. The van der Waals surface area contributed by atoms with Crippen LogP contribution < -0.4 is 10.6 Å². The summed E-state index contributed by atoms with van der Waals surface area (Å²) in [5.74, 6) is 0.225. The van der Waals surface area contributed by atoms with Gasteiger partial charge in [0.1, 0.15) is 0 Å². The summed E-state index contributed by atoms with van der Waals surface area (Å²) in [6, 6.07) is 18.5. The summed E-state index contributed by atoms with van der Waals surface area (Å²) in [6.07, 6.45) is -0.550. The van der Waals surface area contributed by atoms with Crippen LogP contribution in [0.1, 0.15) is 18.5 Å². The Labute approximate surface area is 131 Å². The van der Waals surface area contributed by atoms with Crippen molar-refractivity contribution < 1.29 is 5.11 Å². The normalized spacial score (nSPS) is 13.5. The Morgan fingerprint density at radius 2 is 1.62 bits per heavy atom. The first-order valence-corrected chi connectivity index (χ1v) is 7.62. The fourth-order valence-electron chi connectivity index (χ4n) is 2.10. The second kappa shape index (κ2) is 7.91. The molecule has 0 aliphatic heterocycles. The van der Waals surface area contributed by atoms with Crippen molar-refractivity contribution in [3.63, 3.8) is 0 Å². The maximum Gasteiger partial charge on any atom is 0.0847 e.